The summed E-state index contributed by atoms with van der Waals surface area (Å²) in [5.74, 6) is 0. The lowest BCUT2D eigenvalue weighted by molar-refractivity contribution is 0.761. The van der Waals surface area contributed by atoms with Crippen LogP contribution in [0.4, 0.5) is 0 Å². The van der Waals surface area contributed by atoms with Crippen LogP contribution in [0.2, 0.25) is 0 Å². The van der Waals surface area contributed by atoms with Crippen LogP contribution in [0.1, 0.15) is 12.6 Å². The first-order valence-electron chi connectivity index (χ1n) is 3.42. The van der Waals surface area contributed by atoms with Gasteiger partial charge in [-0.3, -0.25) is 0 Å². The lowest BCUT2D eigenvalue weighted by atomic mass is 10.4. The minimum atomic E-state index is 0.971. The summed E-state index contributed by atoms with van der Waals surface area (Å²) >= 11 is 6.65. The van der Waals surface area contributed by atoms with Crippen LogP contribution in [0, 0.1) is 0 Å². The van der Waals surface area contributed by atoms with Crippen LogP contribution in [0.25, 0.3) is 6.08 Å². The average Bonchev–Trinajstić information content (AvgIpc) is 2.34. The van der Waals surface area contributed by atoms with E-state index in [-0.39, 0.29) is 0 Å². The Morgan fingerprint density at radius 1 is 1.64 bits per heavy atom. The Morgan fingerprint density at radius 3 is 2.91 bits per heavy atom. The third-order valence-electron chi connectivity index (χ3n) is 1.46. The summed E-state index contributed by atoms with van der Waals surface area (Å²) in [4.78, 5) is 0. The molecule has 11 heavy (non-hydrogen) atoms. The highest BCUT2D eigenvalue weighted by atomic mass is 79.9. The van der Waals surface area contributed by atoms with E-state index in [0.29, 0.717) is 0 Å². The SMILES string of the molecule is CCn1cccc1C=C(Br)Br. The zero-order valence-electron chi connectivity index (χ0n) is 6.22. The summed E-state index contributed by atoms with van der Waals surface area (Å²) in [5.41, 5.74) is 1.20. The summed E-state index contributed by atoms with van der Waals surface area (Å²) in [6.07, 6.45) is 4.10. The van der Waals surface area contributed by atoms with Crippen molar-refractivity contribution < 1.29 is 0 Å². The van der Waals surface area contributed by atoms with Crippen LogP contribution in [0.3, 0.4) is 0 Å². The first-order valence-corrected chi connectivity index (χ1v) is 5.00. The lowest BCUT2D eigenvalue weighted by Crippen LogP contribution is -1.93. The van der Waals surface area contributed by atoms with Gasteiger partial charge in [-0.25, -0.2) is 0 Å². The van der Waals surface area contributed by atoms with Crippen molar-refractivity contribution in [1.82, 2.24) is 4.57 Å². The maximum Gasteiger partial charge on any atom is 0.0624 e. The molecule has 1 rings (SSSR count). The molecule has 0 aliphatic heterocycles. The smallest absolute Gasteiger partial charge is 0.0624 e. The summed E-state index contributed by atoms with van der Waals surface area (Å²) in [6, 6.07) is 4.12. The molecule has 1 aromatic rings. The van der Waals surface area contributed by atoms with Crippen molar-refractivity contribution in [2.75, 3.05) is 0 Å². The van der Waals surface area contributed by atoms with Crippen molar-refractivity contribution >= 4 is 37.9 Å². The molecule has 0 radical (unpaired) electrons. The molecule has 0 aliphatic rings. The molecule has 0 amide bonds. The van der Waals surface area contributed by atoms with Gasteiger partial charge in [0.1, 0.15) is 0 Å². The van der Waals surface area contributed by atoms with Crippen LogP contribution in [-0.4, -0.2) is 4.57 Å². The average molecular weight is 279 g/mol. The maximum absolute atomic E-state index is 3.32. The van der Waals surface area contributed by atoms with E-state index < -0.39 is 0 Å². The van der Waals surface area contributed by atoms with Crippen molar-refractivity contribution in [3.05, 3.63) is 27.4 Å². The Labute approximate surface area is 83.4 Å². The van der Waals surface area contributed by atoms with E-state index in [0.717, 1.165) is 9.94 Å². The Morgan fingerprint density at radius 2 is 2.36 bits per heavy atom. The van der Waals surface area contributed by atoms with Gasteiger partial charge in [0.05, 0.1) is 3.39 Å². The third kappa shape index (κ3) is 2.49. The fourth-order valence-corrected chi connectivity index (χ4v) is 1.43. The van der Waals surface area contributed by atoms with Crippen LogP contribution >= 0.6 is 31.9 Å². The van der Waals surface area contributed by atoms with E-state index in [1.807, 2.05) is 12.1 Å². The van der Waals surface area contributed by atoms with E-state index in [1.54, 1.807) is 0 Å². The summed E-state index contributed by atoms with van der Waals surface area (Å²) < 4.78 is 3.14. The highest BCUT2D eigenvalue weighted by Crippen LogP contribution is 2.18. The molecule has 0 fully saturated rings. The van der Waals surface area contributed by atoms with Gasteiger partial charge in [-0.1, -0.05) is 0 Å². The van der Waals surface area contributed by atoms with Gasteiger partial charge in [-0.15, -0.1) is 0 Å². The van der Waals surface area contributed by atoms with E-state index in [1.165, 1.54) is 5.69 Å². The number of rotatable bonds is 2. The van der Waals surface area contributed by atoms with E-state index in [4.69, 9.17) is 0 Å². The standard InChI is InChI=1S/C8H9Br2N/c1-2-11-5-3-4-7(11)6-8(9)10/h3-6H,2H2,1H3. The molecule has 0 aromatic carbocycles. The molecule has 0 saturated heterocycles. The Balaban J connectivity index is 2.93. The van der Waals surface area contributed by atoms with Crippen LogP contribution < -0.4 is 0 Å². The quantitative estimate of drug-likeness (QED) is 0.779. The minimum Gasteiger partial charge on any atom is -0.348 e. The number of hydrogen-bond acceptors (Lipinski definition) is 0. The second-order valence-corrected chi connectivity index (χ2v) is 4.93. The highest BCUT2D eigenvalue weighted by Gasteiger charge is 1.94. The molecule has 0 unspecified atom stereocenters. The molecule has 1 aromatic heterocycles. The number of halogens is 2. The lowest BCUT2D eigenvalue weighted by Gasteiger charge is -2.00. The van der Waals surface area contributed by atoms with Crippen LogP contribution in [0.15, 0.2) is 21.7 Å². The van der Waals surface area contributed by atoms with Gasteiger partial charge in [-0.05, 0) is 57.0 Å². The predicted molar refractivity (Wildman–Crippen MR) is 55.9 cm³/mol. The molecule has 0 atom stereocenters. The number of aryl methyl sites for hydroxylation is 1. The molecule has 0 N–H and O–H groups in total. The molecule has 1 nitrogen and oxygen atoms in total. The van der Waals surface area contributed by atoms with Crippen LogP contribution in [-0.2, 0) is 6.54 Å². The normalized spacial score (nSPS) is 9.73. The summed E-state index contributed by atoms with van der Waals surface area (Å²) in [7, 11) is 0. The monoisotopic (exact) mass is 277 g/mol. The van der Waals surface area contributed by atoms with Crippen molar-refractivity contribution in [3.8, 4) is 0 Å². The first kappa shape index (κ1) is 9.07. The Kier molecular flexibility index (Phi) is 3.40. The fourth-order valence-electron chi connectivity index (χ4n) is 0.958. The molecule has 0 spiro atoms. The number of aromatic nitrogens is 1. The van der Waals surface area contributed by atoms with Crippen LogP contribution in [0.5, 0.6) is 0 Å². The van der Waals surface area contributed by atoms with Gasteiger partial charge in [0, 0.05) is 18.4 Å². The maximum atomic E-state index is 3.32. The van der Waals surface area contributed by atoms with Gasteiger partial charge in [0.25, 0.3) is 0 Å². The second-order valence-electron chi connectivity index (χ2n) is 2.15. The largest absolute Gasteiger partial charge is 0.348 e. The summed E-state index contributed by atoms with van der Waals surface area (Å²) in [5, 5.41) is 0. The molecule has 0 saturated carbocycles. The predicted octanol–water partition coefficient (Wildman–Crippen LogP) is 3.60. The zero-order valence-corrected chi connectivity index (χ0v) is 9.39. The summed E-state index contributed by atoms with van der Waals surface area (Å²) in [6.45, 7) is 3.13. The molecular weight excluding hydrogens is 270 g/mol. The van der Waals surface area contributed by atoms with Gasteiger partial charge >= 0.3 is 0 Å². The zero-order chi connectivity index (χ0) is 8.27. The third-order valence-corrected chi connectivity index (χ3v) is 1.92. The van der Waals surface area contributed by atoms with Crippen molar-refractivity contribution in [2.24, 2.45) is 0 Å². The van der Waals surface area contributed by atoms with Crippen molar-refractivity contribution in [1.29, 1.82) is 0 Å². The fraction of sp³-hybridized carbons (Fsp3) is 0.250. The Bertz CT molecular complexity index is 259. The van der Waals surface area contributed by atoms with Gasteiger partial charge in [0.2, 0.25) is 0 Å². The number of hydrogen-bond donors (Lipinski definition) is 0. The van der Waals surface area contributed by atoms with Gasteiger partial charge in [0.15, 0.2) is 0 Å². The Hall–Kier alpha value is -0.0200. The highest BCUT2D eigenvalue weighted by molar-refractivity contribution is 9.28. The molecular formula is C8H9Br2N. The van der Waals surface area contributed by atoms with Gasteiger partial charge < -0.3 is 4.57 Å². The molecule has 3 heteroatoms. The van der Waals surface area contributed by atoms with Crippen molar-refractivity contribution in [2.45, 2.75) is 13.5 Å². The topological polar surface area (TPSA) is 4.93 Å². The van der Waals surface area contributed by atoms with Crippen molar-refractivity contribution in [3.63, 3.8) is 0 Å². The molecule has 60 valence electrons. The second kappa shape index (κ2) is 4.12. The molecule has 0 aliphatic carbocycles. The van der Waals surface area contributed by atoms with E-state index in [9.17, 15) is 0 Å². The number of nitrogens with zero attached hydrogens (tertiary/aromatic N) is 1. The molecule has 1 heterocycles. The minimum absolute atomic E-state index is 0.971. The van der Waals surface area contributed by atoms with Gasteiger partial charge in [-0.2, -0.15) is 0 Å². The first-order chi connectivity index (χ1) is 5.24. The van der Waals surface area contributed by atoms with E-state index >= 15 is 0 Å². The molecule has 0 bridgehead atoms. The van der Waals surface area contributed by atoms with E-state index in [2.05, 4.69) is 55.6 Å².